The Kier molecular flexibility index (Phi) is 4.57. The summed E-state index contributed by atoms with van der Waals surface area (Å²) in [5.41, 5.74) is 0.113. The lowest BCUT2D eigenvalue weighted by molar-refractivity contribution is 0.0992. The number of methoxy groups -OCH3 is 1. The van der Waals surface area contributed by atoms with E-state index in [0.717, 1.165) is 4.90 Å². The van der Waals surface area contributed by atoms with Crippen molar-refractivity contribution in [1.82, 2.24) is 0 Å². The maximum absolute atomic E-state index is 12.4. The first kappa shape index (κ1) is 16.1. The van der Waals surface area contributed by atoms with Gasteiger partial charge in [0.1, 0.15) is 5.75 Å². The maximum atomic E-state index is 12.4. The number of ether oxygens (including phenoxy) is 1. The SMILES string of the molecule is COc1ccc2c(=O)oc(C(=O)Nc3ccccc3SC)cc2c1. The highest BCUT2D eigenvalue weighted by atomic mass is 32.2. The number of anilines is 1. The van der Waals surface area contributed by atoms with Gasteiger partial charge in [0.05, 0.1) is 18.2 Å². The number of hydrogen-bond acceptors (Lipinski definition) is 5. The molecule has 1 aromatic heterocycles. The molecule has 0 bridgehead atoms. The molecule has 0 fully saturated rings. The molecule has 0 saturated carbocycles. The van der Waals surface area contributed by atoms with Gasteiger partial charge in [-0.2, -0.15) is 0 Å². The molecule has 1 N–H and O–H groups in total. The molecule has 5 nitrogen and oxygen atoms in total. The minimum absolute atomic E-state index is 0.0448. The third-order valence-corrected chi connectivity index (χ3v) is 4.34. The fourth-order valence-electron chi connectivity index (χ4n) is 2.34. The summed E-state index contributed by atoms with van der Waals surface area (Å²) in [7, 11) is 1.54. The number of fused-ring (bicyclic) bond motifs is 1. The van der Waals surface area contributed by atoms with Gasteiger partial charge < -0.3 is 14.5 Å². The second-order valence-corrected chi connectivity index (χ2v) is 5.85. The standard InChI is InChI=1S/C18H15NO4S/c1-22-12-7-8-13-11(9-12)10-15(23-18(13)21)17(20)19-14-5-3-4-6-16(14)24-2/h3-10H,1-2H3,(H,19,20). The summed E-state index contributed by atoms with van der Waals surface area (Å²) in [6, 6.07) is 13.9. The molecule has 3 aromatic rings. The molecular weight excluding hydrogens is 326 g/mol. The van der Waals surface area contributed by atoms with Crippen LogP contribution < -0.4 is 15.7 Å². The number of rotatable bonds is 4. The van der Waals surface area contributed by atoms with Crippen molar-refractivity contribution >= 4 is 34.1 Å². The van der Waals surface area contributed by atoms with Gasteiger partial charge in [0.2, 0.25) is 0 Å². The number of amides is 1. The van der Waals surface area contributed by atoms with Crippen molar-refractivity contribution in [3.8, 4) is 5.75 Å². The van der Waals surface area contributed by atoms with Crippen LogP contribution in [-0.4, -0.2) is 19.3 Å². The molecule has 0 saturated heterocycles. The molecule has 0 unspecified atom stereocenters. The number of hydrogen-bond donors (Lipinski definition) is 1. The Labute approximate surface area is 142 Å². The van der Waals surface area contributed by atoms with Gasteiger partial charge in [-0.1, -0.05) is 12.1 Å². The van der Waals surface area contributed by atoms with Crippen LogP contribution in [0, 0.1) is 0 Å². The van der Waals surface area contributed by atoms with Crippen molar-refractivity contribution in [1.29, 1.82) is 0 Å². The monoisotopic (exact) mass is 341 g/mol. The molecule has 0 aliphatic carbocycles. The third kappa shape index (κ3) is 3.14. The Hall–Kier alpha value is -2.73. The van der Waals surface area contributed by atoms with Gasteiger partial charge in [-0.25, -0.2) is 4.79 Å². The molecular formula is C18H15NO4S. The van der Waals surface area contributed by atoms with Gasteiger partial charge >= 0.3 is 5.63 Å². The van der Waals surface area contributed by atoms with Gasteiger partial charge in [-0.3, -0.25) is 4.79 Å². The van der Waals surface area contributed by atoms with Crippen LogP contribution in [0.4, 0.5) is 5.69 Å². The van der Waals surface area contributed by atoms with Crippen LogP contribution in [0.25, 0.3) is 10.8 Å². The zero-order chi connectivity index (χ0) is 17.1. The molecule has 24 heavy (non-hydrogen) atoms. The van der Waals surface area contributed by atoms with Crippen LogP contribution in [-0.2, 0) is 0 Å². The Bertz CT molecular complexity index is 965. The van der Waals surface area contributed by atoms with E-state index in [2.05, 4.69) is 5.32 Å². The molecule has 0 aliphatic heterocycles. The first-order chi connectivity index (χ1) is 11.6. The van der Waals surface area contributed by atoms with E-state index in [1.807, 2.05) is 24.5 Å². The van der Waals surface area contributed by atoms with E-state index in [-0.39, 0.29) is 5.76 Å². The summed E-state index contributed by atoms with van der Waals surface area (Å²) >= 11 is 1.52. The van der Waals surface area contributed by atoms with Crippen molar-refractivity contribution in [3.63, 3.8) is 0 Å². The van der Waals surface area contributed by atoms with Crippen LogP contribution in [0.15, 0.2) is 62.6 Å². The smallest absolute Gasteiger partial charge is 0.344 e. The highest BCUT2D eigenvalue weighted by Crippen LogP contribution is 2.25. The maximum Gasteiger partial charge on any atom is 0.344 e. The summed E-state index contributed by atoms with van der Waals surface area (Å²) in [5, 5.41) is 3.77. The predicted octanol–water partition coefficient (Wildman–Crippen LogP) is 3.78. The summed E-state index contributed by atoms with van der Waals surface area (Å²) < 4.78 is 10.3. The summed E-state index contributed by atoms with van der Waals surface area (Å²) in [5.74, 6) is 0.0853. The second-order valence-electron chi connectivity index (χ2n) is 5.01. The summed E-state index contributed by atoms with van der Waals surface area (Å²) in [6.45, 7) is 0. The van der Waals surface area contributed by atoms with Crippen LogP contribution in [0.5, 0.6) is 5.75 Å². The Morgan fingerprint density at radius 2 is 1.96 bits per heavy atom. The highest BCUT2D eigenvalue weighted by molar-refractivity contribution is 7.98. The fourth-order valence-corrected chi connectivity index (χ4v) is 2.90. The number of carbonyl (C=O) groups is 1. The number of para-hydroxylation sites is 1. The molecule has 6 heteroatoms. The van der Waals surface area contributed by atoms with Crippen molar-refractivity contribution in [2.24, 2.45) is 0 Å². The zero-order valence-electron chi connectivity index (χ0n) is 13.2. The van der Waals surface area contributed by atoms with E-state index >= 15 is 0 Å². The van der Waals surface area contributed by atoms with Gasteiger partial charge in [0, 0.05) is 4.90 Å². The van der Waals surface area contributed by atoms with E-state index < -0.39 is 11.5 Å². The average Bonchev–Trinajstić information content (AvgIpc) is 2.61. The van der Waals surface area contributed by atoms with Crippen molar-refractivity contribution in [2.45, 2.75) is 4.90 Å². The van der Waals surface area contributed by atoms with E-state index in [0.29, 0.717) is 22.2 Å². The molecule has 0 spiro atoms. The number of thioether (sulfide) groups is 1. The zero-order valence-corrected chi connectivity index (χ0v) is 14.0. The lowest BCUT2D eigenvalue weighted by Gasteiger charge is -2.09. The van der Waals surface area contributed by atoms with Crippen LogP contribution in [0.3, 0.4) is 0 Å². The summed E-state index contributed by atoms with van der Waals surface area (Å²) in [6.07, 6.45) is 1.92. The lowest BCUT2D eigenvalue weighted by Crippen LogP contribution is -2.15. The fraction of sp³-hybridized carbons (Fsp3) is 0.111. The van der Waals surface area contributed by atoms with E-state index in [1.165, 1.54) is 17.8 Å². The summed E-state index contributed by atoms with van der Waals surface area (Å²) in [4.78, 5) is 25.5. The van der Waals surface area contributed by atoms with Crippen LogP contribution >= 0.6 is 11.8 Å². The number of carbonyl (C=O) groups excluding carboxylic acids is 1. The quantitative estimate of drug-likeness (QED) is 0.732. The molecule has 2 aromatic carbocycles. The molecule has 3 rings (SSSR count). The minimum Gasteiger partial charge on any atom is -0.497 e. The number of benzene rings is 2. The normalized spacial score (nSPS) is 10.6. The Morgan fingerprint density at radius 1 is 1.17 bits per heavy atom. The van der Waals surface area contributed by atoms with Crippen molar-refractivity contribution in [3.05, 3.63) is 64.7 Å². The van der Waals surface area contributed by atoms with E-state index in [1.54, 1.807) is 31.4 Å². The second kappa shape index (κ2) is 6.80. The topological polar surface area (TPSA) is 68.5 Å². The Balaban J connectivity index is 1.99. The van der Waals surface area contributed by atoms with Crippen LogP contribution in [0.2, 0.25) is 0 Å². The molecule has 1 heterocycles. The minimum atomic E-state index is -0.557. The van der Waals surface area contributed by atoms with Gasteiger partial charge in [-0.05, 0) is 48.0 Å². The molecule has 0 atom stereocenters. The van der Waals surface area contributed by atoms with Gasteiger partial charge in [0.15, 0.2) is 5.76 Å². The lowest BCUT2D eigenvalue weighted by atomic mass is 10.1. The van der Waals surface area contributed by atoms with E-state index in [9.17, 15) is 9.59 Å². The predicted molar refractivity (Wildman–Crippen MR) is 95.2 cm³/mol. The largest absolute Gasteiger partial charge is 0.497 e. The average molecular weight is 341 g/mol. The highest BCUT2D eigenvalue weighted by Gasteiger charge is 2.14. The Morgan fingerprint density at radius 3 is 2.71 bits per heavy atom. The molecule has 122 valence electrons. The van der Waals surface area contributed by atoms with E-state index in [4.69, 9.17) is 9.15 Å². The molecule has 0 aliphatic rings. The first-order valence-corrected chi connectivity index (χ1v) is 8.41. The van der Waals surface area contributed by atoms with Crippen molar-refractivity contribution in [2.75, 3.05) is 18.7 Å². The van der Waals surface area contributed by atoms with Crippen molar-refractivity contribution < 1.29 is 13.9 Å². The number of nitrogens with one attached hydrogen (secondary N) is 1. The molecule has 1 amide bonds. The first-order valence-electron chi connectivity index (χ1n) is 7.18. The molecule has 0 radical (unpaired) electrons. The van der Waals surface area contributed by atoms with Crippen LogP contribution in [0.1, 0.15) is 10.6 Å². The van der Waals surface area contributed by atoms with Gasteiger partial charge in [-0.15, -0.1) is 11.8 Å². The third-order valence-electron chi connectivity index (χ3n) is 3.55. The van der Waals surface area contributed by atoms with Gasteiger partial charge in [0.25, 0.3) is 5.91 Å².